The molecule has 22 heavy (non-hydrogen) atoms. The molecular weight excluding hydrogens is 311 g/mol. The summed E-state index contributed by atoms with van der Waals surface area (Å²) in [4.78, 5) is 11.9. The second-order valence-electron chi connectivity index (χ2n) is 4.31. The average Bonchev–Trinajstić information content (AvgIpc) is 2.50. The lowest BCUT2D eigenvalue weighted by molar-refractivity contribution is 0.262. The van der Waals surface area contributed by atoms with Crippen molar-refractivity contribution in [3.05, 3.63) is 47.2 Å². The molecule has 0 aromatic heterocycles. The molecule has 0 radical (unpaired) electrons. The van der Waals surface area contributed by atoms with E-state index in [2.05, 4.69) is 10.6 Å². The second-order valence-corrected chi connectivity index (χ2v) is 4.72. The predicted molar refractivity (Wildman–Crippen MR) is 83.6 cm³/mol. The summed E-state index contributed by atoms with van der Waals surface area (Å²) in [5, 5.41) is 5.11. The van der Waals surface area contributed by atoms with E-state index in [9.17, 15) is 9.18 Å². The normalized spacial score (nSPS) is 10.0. The first kappa shape index (κ1) is 15.9. The molecule has 0 unspecified atom stereocenters. The lowest BCUT2D eigenvalue weighted by Gasteiger charge is -2.11. The Labute approximate surface area is 132 Å². The molecule has 0 aliphatic carbocycles. The number of carbonyl (C=O) groups is 1. The molecule has 2 rings (SSSR count). The first-order chi connectivity index (χ1) is 10.5. The maximum Gasteiger partial charge on any atom is 0.323 e. The van der Waals surface area contributed by atoms with Crippen LogP contribution in [0.1, 0.15) is 0 Å². The monoisotopic (exact) mass is 324 g/mol. The van der Waals surface area contributed by atoms with Gasteiger partial charge in [0.15, 0.2) is 0 Å². The Morgan fingerprint density at radius 2 is 1.59 bits per heavy atom. The number of urea groups is 1. The van der Waals surface area contributed by atoms with E-state index in [1.165, 1.54) is 32.4 Å². The van der Waals surface area contributed by atoms with E-state index in [0.29, 0.717) is 22.9 Å². The fourth-order valence-electron chi connectivity index (χ4n) is 1.75. The molecule has 0 fully saturated rings. The van der Waals surface area contributed by atoms with Crippen LogP contribution in [-0.4, -0.2) is 20.3 Å². The fourth-order valence-corrected chi connectivity index (χ4v) is 1.93. The molecule has 2 aromatic carbocycles. The number of hydrogen-bond donors (Lipinski definition) is 2. The third-order valence-electron chi connectivity index (χ3n) is 2.79. The first-order valence-corrected chi connectivity index (χ1v) is 6.65. The van der Waals surface area contributed by atoms with Crippen molar-refractivity contribution in [2.24, 2.45) is 0 Å². The van der Waals surface area contributed by atoms with E-state index in [4.69, 9.17) is 21.1 Å². The lowest BCUT2D eigenvalue weighted by atomic mass is 10.2. The van der Waals surface area contributed by atoms with Crippen molar-refractivity contribution in [2.45, 2.75) is 0 Å². The van der Waals surface area contributed by atoms with Crippen LogP contribution in [0.4, 0.5) is 20.6 Å². The van der Waals surface area contributed by atoms with E-state index < -0.39 is 11.8 Å². The third-order valence-corrected chi connectivity index (χ3v) is 3.08. The Bertz CT molecular complexity index is 672. The van der Waals surface area contributed by atoms with Crippen LogP contribution in [0.3, 0.4) is 0 Å². The second kappa shape index (κ2) is 7.00. The quantitative estimate of drug-likeness (QED) is 0.888. The minimum atomic E-state index is -0.551. The van der Waals surface area contributed by atoms with Gasteiger partial charge in [-0.05, 0) is 18.2 Å². The molecule has 0 aliphatic rings. The summed E-state index contributed by atoms with van der Waals surface area (Å²) in [5.74, 6) is 0.532. The van der Waals surface area contributed by atoms with E-state index in [-0.39, 0.29) is 5.02 Å². The number of methoxy groups -OCH3 is 2. The van der Waals surface area contributed by atoms with Crippen LogP contribution < -0.4 is 20.1 Å². The maximum absolute atomic E-state index is 13.1. The standard InChI is InChI=1S/C15H14ClFN2O3/c1-21-11-5-10(6-12(8-11)22-2)19-15(20)18-9-3-4-14(17)13(16)7-9/h3-8H,1-2H3,(H2,18,19,20). The highest BCUT2D eigenvalue weighted by atomic mass is 35.5. The molecule has 0 spiro atoms. The largest absolute Gasteiger partial charge is 0.497 e. The molecule has 0 saturated heterocycles. The van der Waals surface area contributed by atoms with Gasteiger partial charge in [-0.2, -0.15) is 0 Å². The van der Waals surface area contributed by atoms with Crippen molar-refractivity contribution in [1.82, 2.24) is 0 Å². The van der Waals surface area contributed by atoms with Crippen LogP contribution in [-0.2, 0) is 0 Å². The van der Waals surface area contributed by atoms with Crippen LogP contribution in [0, 0.1) is 5.82 Å². The summed E-state index contributed by atoms with van der Waals surface area (Å²) in [6.45, 7) is 0. The molecule has 2 aromatic rings. The van der Waals surface area contributed by atoms with Gasteiger partial charge in [-0.25, -0.2) is 9.18 Å². The molecule has 2 N–H and O–H groups in total. The van der Waals surface area contributed by atoms with Gasteiger partial charge >= 0.3 is 6.03 Å². The van der Waals surface area contributed by atoms with Crippen molar-refractivity contribution >= 4 is 29.0 Å². The van der Waals surface area contributed by atoms with Gasteiger partial charge in [0.25, 0.3) is 0 Å². The average molecular weight is 325 g/mol. The number of halogens is 2. The SMILES string of the molecule is COc1cc(NC(=O)Nc2ccc(F)c(Cl)c2)cc(OC)c1. The van der Waals surface area contributed by atoms with Crippen molar-refractivity contribution in [3.63, 3.8) is 0 Å². The van der Waals surface area contributed by atoms with Crippen molar-refractivity contribution in [2.75, 3.05) is 24.9 Å². The molecule has 2 amide bonds. The van der Waals surface area contributed by atoms with E-state index in [1.54, 1.807) is 18.2 Å². The minimum absolute atomic E-state index is 0.0687. The smallest absolute Gasteiger partial charge is 0.323 e. The highest BCUT2D eigenvalue weighted by Crippen LogP contribution is 2.26. The van der Waals surface area contributed by atoms with Gasteiger partial charge in [-0.15, -0.1) is 0 Å². The van der Waals surface area contributed by atoms with E-state index in [0.717, 1.165) is 0 Å². The molecule has 0 bridgehead atoms. The Kier molecular flexibility index (Phi) is 5.06. The number of amides is 2. The number of ether oxygens (including phenoxy) is 2. The van der Waals surface area contributed by atoms with Crippen molar-refractivity contribution in [1.29, 1.82) is 0 Å². The van der Waals surface area contributed by atoms with Gasteiger partial charge in [-0.1, -0.05) is 11.6 Å². The Balaban J connectivity index is 2.09. The Morgan fingerprint density at radius 3 is 2.14 bits per heavy atom. The topological polar surface area (TPSA) is 59.6 Å². The zero-order valence-corrected chi connectivity index (χ0v) is 12.7. The zero-order chi connectivity index (χ0) is 16.1. The number of nitrogens with one attached hydrogen (secondary N) is 2. The molecule has 0 atom stereocenters. The van der Waals surface area contributed by atoms with Gasteiger partial charge in [0.2, 0.25) is 0 Å². The Hall–Kier alpha value is -2.47. The van der Waals surface area contributed by atoms with Crippen LogP contribution in [0.25, 0.3) is 0 Å². The van der Waals surface area contributed by atoms with Crippen LogP contribution in [0.2, 0.25) is 5.02 Å². The lowest BCUT2D eigenvalue weighted by Crippen LogP contribution is -2.19. The summed E-state index contributed by atoms with van der Waals surface area (Å²) in [6.07, 6.45) is 0. The molecule has 0 aliphatic heterocycles. The summed E-state index contributed by atoms with van der Waals surface area (Å²) < 4.78 is 23.3. The van der Waals surface area contributed by atoms with Crippen molar-refractivity contribution < 1.29 is 18.7 Å². The summed E-state index contributed by atoms with van der Waals surface area (Å²) >= 11 is 5.66. The number of rotatable bonds is 4. The van der Waals surface area contributed by atoms with Gasteiger partial charge < -0.3 is 20.1 Å². The van der Waals surface area contributed by atoms with Gasteiger partial charge in [0.05, 0.1) is 19.2 Å². The molecule has 0 saturated carbocycles. The molecule has 116 valence electrons. The summed E-state index contributed by atoms with van der Waals surface area (Å²) in [5.41, 5.74) is 0.862. The van der Waals surface area contributed by atoms with Gasteiger partial charge in [0, 0.05) is 29.6 Å². The van der Waals surface area contributed by atoms with E-state index >= 15 is 0 Å². The number of benzene rings is 2. The maximum atomic E-state index is 13.1. The minimum Gasteiger partial charge on any atom is -0.497 e. The number of hydrogen-bond acceptors (Lipinski definition) is 3. The molecule has 5 nitrogen and oxygen atoms in total. The molecule has 0 heterocycles. The van der Waals surface area contributed by atoms with Crippen LogP contribution >= 0.6 is 11.6 Å². The van der Waals surface area contributed by atoms with Crippen LogP contribution in [0.5, 0.6) is 11.5 Å². The highest BCUT2D eigenvalue weighted by Gasteiger charge is 2.08. The fraction of sp³-hybridized carbons (Fsp3) is 0.133. The van der Waals surface area contributed by atoms with Gasteiger partial charge in [-0.3, -0.25) is 0 Å². The number of anilines is 2. The molecular formula is C15H14ClFN2O3. The molecule has 7 heteroatoms. The zero-order valence-electron chi connectivity index (χ0n) is 11.9. The first-order valence-electron chi connectivity index (χ1n) is 6.28. The number of carbonyl (C=O) groups excluding carboxylic acids is 1. The van der Waals surface area contributed by atoms with Gasteiger partial charge in [0.1, 0.15) is 17.3 Å². The summed E-state index contributed by atoms with van der Waals surface area (Å²) in [6, 6.07) is 8.36. The third kappa shape index (κ3) is 4.02. The van der Waals surface area contributed by atoms with Crippen LogP contribution in [0.15, 0.2) is 36.4 Å². The van der Waals surface area contributed by atoms with E-state index in [1.807, 2.05) is 0 Å². The Morgan fingerprint density at radius 1 is 1.00 bits per heavy atom. The predicted octanol–water partition coefficient (Wildman–Crippen LogP) is 4.14. The van der Waals surface area contributed by atoms with Crippen molar-refractivity contribution in [3.8, 4) is 11.5 Å². The highest BCUT2D eigenvalue weighted by molar-refractivity contribution is 6.31. The summed E-state index contributed by atoms with van der Waals surface area (Å²) in [7, 11) is 3.03.